The van der Waals surface area contributed by atoms with Crippen LogP contribution < -0.4 is 0 Å². The largest absolute Gasteiger partial charge is 0.449 e. The van der Waals surface area contributed by atoms with Crippen LogP contribution in [0.15, 0.2) is 0 Å². The summed E-state index contributed by atoms with van der Waals surface area (Å²) in [6.45, 7) is 2.48. The molecule has 1 fully saturated rings. The van der Waals surface area contributed by atoms with E-state index in [4.69, 9.17) is 0 Å². The van der Waals surface area contributed by atoms with Crippen LogP contribution in [-0.4, -0.2) is 42.1 Å². The van der Waals surface area contributed by atoms with Crippen LogP contribution >= 0.6 is 0 Å². The van der Waals surface area contributed by atoms with Gasteiger partial charge in [0, 0.05) is 12.6 Å². The molecule has 1 amide bonds. The van der Waals surface area contributed by atoms with Gasteiger partial charge in [0.1, 0.15) is 0 Å². The fourth-order valence-corrected chi connectivity index (χ4v) is 2.21. The number of likely N-dealkylation sites (tertiary alicyclic amines) is 1. The number of hydrogen-bond acceptors (Lipinski definition) is 3. The molecule has 0 spiro atoms. The van der Waals surface area contributed by atoms with Crippen LogP contribution in [0, 0.1) is 5.92 Å². The Morgan fingerprint density at radius 2 is 1.95 bits per heavy atom. The lowest BCUT2D eigenvalue weighted by Crippen LogP contribution is -2.49. The molecule has 110 valence electrons. The zero-order valence-electron chi connectivity index (χ0n) is 11.0. The molecule has 7 heteroatoms. The molecule has 2 atom stereocenters. The number of carbonyl (C=O) groups excluding carboxylic acids is 2. The zero-order valence-corrected chi connectivity index (χ0v) is 11.0. The van der Waals surface area contributed by atoms with Crippen LogP contribution in [0.25, 0.3) is 0 Å². The van der Waals surface area contributed by atoms with Crippen LogP contribution in [0.4, 0.5) is 13.2 Å². The maximum Gasteiger partial charge on any atom is 0.422 e. The number of ether oxygens (including phenoxy) is 1. The van der Waals surface area contributed by atoms with Gasteiger partial charge in [0.15, 0.2) is 6.61 Å². The average Bonchev–Trinajstić information content (AvgIpc) is 2.34. The third-order valence-corrected chi connectivity index (χ3v) is 3.22. The Morgan fingerprint density at radius 1 is 1.32 bits per heavy atom. The average molecular weight is 281 g/mol. The summed E-state index contributed by atoms with van der Waals surface area (Å²) in [4.78, 5) is 24.5. The first-order valence-corrected chi connectivity index (χ1v) is 6.29. The number of hydrogen-bond donors (Lipinski definition) is 0. The molecule has 0 aromatic heterocycles. The molecule has 1 aliphatic heterocycles. The topological polar surface area (TPSA) is 46.6 Å². The van der Waals surface area contributed by atoms with Crippen molar-refractivity contribution in [3.63, 3.8) is 0 Å². The number of piperidine rings is 1. The summed E-state index contributed by atoms with van der Waals surface area (Å²) in [7, 11) is 0. The van der Waals surface area contributed by atoms with Crippen molar-refractivity contribution in [3.05, 3.63) is 0 Å². The van der Waals surface area contributed by atoms with Crippen LogP contribution in [-0.2, 0) is 14.3 Å². The van der Waals surface area contributed by atoms with Gasteiger partial charge in [-0.1, -0.05) is 13.8 Å². The van der Waals surface area contributed by atoms with Crippen molar-refractivity contribution in [2.75, 3.05) is 13.2 Å². The van der Waals surface area contributed by atoms with Crippen LogP contribution in [0.1, 0.15) is 33.1 Å². The van der Waals surface area contributed by atoms with Gasteiger partial charge in [-0.3, -0.25) is 4.79 Å². The van der Waals surface area contributed by atoms with E-state index >= 15 is 0 Å². The SMILES string of the molecule is CC[C@H]1CC[C@H](C)CN1C(=O)C(=O)OCC(F)(F)F. The number of halogens is 3. The fourth-order valence-electron chi connectivity index (χ4n) is 2.21. The minimum Gasteiger partial charge on any atom is -0.449 e. The third-order valence-electron chi connectivity index (χ3n) is 3.22. The highest BCUT2D eigenvalue weighted by Crippen LogP contribution is 2.24. The van der Waals surface area contributed by atoms with Crippen LogP contribution in [0.2, 0.25) is 0 Å². The summed E-state index contributed by atoms with van der Waals surface area (Å²) in [6, 6.07) is -0.0952. The number of nitrogens with zero attached hydrogens (tertiary/aromatic N) is 1. The highest BCUT2D eigenvalue weighted by molar-refractivity contribution is 6.32. The second kappa shape index (κ2) is 6.25. The highest BCUT2D eigenvalue weighted by Gasteiger charge is 2.36. The van der Waals surface area contributed by atoms with Gasteiger partial charge in [-0.05, 0) is 25.2 Å². The van der Waals surface area contributed by atoms with E-state index in [9.17, 15) is 22.8 Å². The Kier molecular flexibility index (Phi) is 5.20. The maximum atomic E-state index is 11.9. The predicted molar refractivity (Wildman–Crippen MR) is 61.2 cm³/mol. The summed E-state index contributed by atoms with van der Waals surface area (Å²) in [5.41, 5.74) is 0. The molecule has 0 unspecified atom stereocenters. The van der Waals surface area contributed by atoms with Crippen molar-refractivity contribution >= 4 is 11.9 Å². The Morgan fingerprint density at radius 3 is 2.47 bits per heavy atom. The minimum atomic E-state index is -4.62. The molecule has 0 radical (unpaired) electrons. The number of amides is 1. The number of carbonyl (C=O) groups is 2. The molecule has 0 N–H and O–H groups in total. The van der Waals surface area contributed by atoms with Crippen LogP contribution in [0.5, 0.6) is 0 Å². The van der Waals surface area contributed by atoms with E-state index in [0.717, 1.165) is 12.8 Å². The predicted octanol–water partition coefficient (Wildman–Crippen LogP) is 2.13. The molecule has 4 nitrogen and oxygen atoms in total. The monoisotopic (exact) mass is 281 g/mol. The molecule has 0 aromatic rings. The zero-order chi connectivity index (χ0) is 14.6. The van der Waals surface area contributed by atoms with Gasteiger partial charge in [0.05, 0.1) is 0 Å². The Hall–Kier alpha value is -1.27. The lowest BCUT2D eigenvalue weighted by Gasteiger charge is -2.37. The Labute approximate surface area is 109 Å². The first kappa shape index (κ1) is 15.8. The molecular formula is C12H18F3NO3. The molecule has 1 aliphatic rings. The molecular weight excluding hydrogens is 263 g/mol. The molecule has 0 aliphatic carbocycles. The maximum absolute atomic E-state index is 11.9. The lowest BCUT2D eigenvalue weighted by molar-refractivity contribution is -0.190. The van der Waals surface area contributed by atoms with Gasteiger partial charge in [0.25, 0.3) is 0 Å². The van der Waals surface area contributed by atoms with Gasteiger partial charge in [-0.15, -0.1) is 0 Å². The van der Waals surface area contributed by atoms with E-state index in [2.05, 4.69) is 4.74 Å². The fraction of sp³-hybridized carbons (Fsp3) is 0.833. The Bertz CT molecular complexity index is 344. The summed E-state index contributed by atoms with van der Waals surface area (Å²) < 4.78 is 39.8. The molecule has 19 heavy (non-hydrogen) atoms. The Balaban J connectivity index is 2.61. The summed E-state index contributed by atoms with van der Waals surface area (Å²) in [6.07, 6.45) is -2.24. The van der Waals surface area contributed by atoms with Crippen molar-refractivity contribution in [2.45, 2.75) is 45.3 Å². The molecule has 0 bridgehead atoms. The van der Waals surface area contributed by atoms with E-state index in [1.165, 1.54) is 4.90 Å². The van der Waals surface area contributed by atoms with E-state index in [1.54, 1.807) is 0 Å². The van der Waals surface area contributed by atoms with Crippen molar-refractivity contribution in [2.24, 2.45) is 5.92 Å². The van der Waals surface area contributed by atoms with E-state index < -0.39 is 24.7 Å². The van der Waals surface area contributed by atoms with E-state index in [-0.39, 0.29) is 12.0 Å². The summed E-state index contributed by atoms with van der Waals surface area (Å²) in [5, 5.41) is 0. The summed E-state index contributed by atoms with van der Waals surface area (Å²) >= 11 is 0. The third kappa shape index (κ3) is 4.72. The van der Waals surface area contributed by atoms with Gasteiger partial charge in [0.2, 0.25) is 0 Å². The van der Waals surface area contributed by atoms with Crippen molar-refractivity contribution < 1.29 is 27.5 Å². The summed E-state index contributed by atoms with van der Waals surface area (Å²) in [5.74, 6) is -2.16. The van der Waals surface area contributed by atoms with Crippen molar-refractivity contribution in [3.8, 4) is 0 Å². The molecule has 1 saturated heterocycles. The number of alkyl halides is 3. The lowest BCUT2D eigenvalue weighted by atomic mass is 9.93. The highest BCUT2D eigenvalue weighted by atomic mass is 19.4. The van der Waals surface area contributed by atoms with Gasteiger partial charge < -0.3 is 9.64 Å². The number of esters is 1. The van der Waals surface area contributed by atoms with E-state index in [0.29, 0.717) is 13.0 Å². The first-order valence-electron chi connectivity index (χ1n) is 6.29. The molecule has 1 rings (SSSR count). The normalized spacial score (nSPS) is 24.2. The standard InChI is InChI=1S/C12H18F3NO3/c1-3-9-5-4-8(2)6-16(9)10(17)11(18)19-7-12(13,14)15/h8-9H,3-7H2,1-2H3/t8-,9-/m0/s1. The van der Waals surface area contributed by atoms with Gasteiger partial charge >= 0.3 is 18.1 Å². The molecule has 0 saturated carbocycles. The van der Waals surface area contributed by atoms with Crippen LogP contribution in [0.3, 0.4) is 0 Å². The van der Waals surface area contributed by atoms with Gasteiger partial charge in [-0.25, -0.2) is 4.79 Å². The van der Waals surface area contributed by atoms with Crippen molar-refractivity contribution in [1.29, 1.82) is 0 Å². The van der Waals surface area contributed by atoms with Gasteiger partial charge in [-0.2, -0.15) is 13.2 Å². The quantitative estimate of drug-likeness (QED) is 0.575. The van der Waals surface area contributed by atoms with E-state index in [1.807, 2.05) is 13.8 Å². The molecule has 1 heterocycles. The smallest absolute Gasteiger partial charge is 0.422 e. The second-order valence-corrected chi connectivity index (χ2v) is 4.89. The minimum absolute atomic E-state index is 0.0952. The molecule has 0 aromatic carbocycles. The second-order valence-electron chi connectivity index (χ2n) is 4.89. The number of rotatable bonds is 2. The first-order chi connectivity index (χ1) is 8.74. The van der Waals surface area contributed by atoms with Crippen molar-refractivity contribution in [1.82, 2.24) is 4.90 Å².